The van der Waals surface area contributed by atoms with Gasteiger partial charge >= 0.3 is 0 Å². The van der Waals surface area contributed by atoms with Crippen LogP contribution in [0.25, 0.3) is 0 Å². The average Bonchev–Trinajstić information content (AvgIpc) is 2.16. The lowest BCUT2D eigenvalue weighted by atomic mass is 10.2. The molecule has 3 heteroatoms. The van der Waals surface area contributed by atoms with Gasteiger partial charge in [-0.25, -0.2) is 0 Å². The van der Waals surface area contributed by atoms with Crippen LogP contribution < -0.4 is 5.19 Å². The number of rotatable bonds is 2. The molecule has 0 spiro atoms. The van der Waals surface area contributed by atoms with E-state index in [1.165, 1.54) is 11.7 Å². The molecular weight excluding hydrogens is 214 g/mol. The Morgan fingerprint density at radius 1 is 1.31 bits per heavy atom. The number of benzene rings is 1. The third-order valence-corrected chi connectivity index (χ3v) is 7.22. The Bertz CT molecular complexity index is 391. The number of aliphatic hydroxyl groups excluding tert-OH is 1. The third-order valence-electron chi connectivity index (χ3n) is 3.72. The zero-order valence-electron chi connectivity index (χ0n) is 10.5. The summed E-state index contributed by atoms with van der Waals surface area (Å²) in [6, 6.07) is 8.87. The summed E-state index contributed by atoms with van der Waals surface area (Å²) in [6.07, 6.45) is 1.24. The molecule has 0 amide bonds. The van der Waals surface area contributed by atoms with E-state index in [2.05, 4.69) is 44.4 Å². The zero-order valence-corrected chi connectivity index (χ0v) is 11.5. The van der Waals surface area contributed by atoms with Crippen molar-refractivity contribution in [2.24, 2.45) is 0 Å². The smallest absolute Gasteiger partial charge is 0.145 e. The first kappa shape index (κ1) is 11.8. The number of likely N-dealkylation sites (N-methyl/N-ethyl adjacent to an activating group) is 1. The van der Waals surface area contributed by atoms with Crippen LogP contribution in [0.3, 0.4) is 0 Å². The maximum Gasteiger partial charge on any atom is 0.145 e. The second kappa shape index (κ2) is 3.98. The van der Waals surface area contributed by atoms with Crippen molar-refractivity contribution in [2.75, 3.05) is 26.4 Å². The number of hydrogen-bond acceptors (Lipinski definition) is 1. The molecular formula is C13H22NOSi+. The molecule has 0 aromatic heterocycles. The number of quaternary nitrogens is 1. The van der Waals surface area contributed by atoms with Crippen molar-refractivity contribution in [1.82, 2.24) is 0 Å². The summed E-state index contributed by atoms with van der Waals surface area (Å²) >= 11 is 0. The van der Waals surface area contributed by atoms with Crippen molar-refractivity contribution in [3.63, 3.8) is 0 Å². The van der Waals surface area contributed by atoms with Gasteiger partial charge in [0, 0.05) is 5.56 Å². The number of fused-ring (bicyclic) bond motifs is 1. The highest BCUT2D eigenvalue weighted by atomic mass is 28.3. The van der Waals surface area contributed by atoms with Crippen LogP contribution in [0.15, 0.2) is 24.3 Å². The summed E-state index contributed by atoms with van der Waals surface area (Å²) < 4.78 is 1.01. The molecule has 0 fully saturated rings. The molecule has 0 aliphatic carbocycles. The van der Waals surface area contributed by atoms with E-state index in [-0.39, 0.29) is 0 Å². The molecule has 1 aliphatic heterocycles. The summed E-state index contributed by atoms with van der Waals surface area (Å²) in [5, 5.41) is 10.8. The van der Waals surface area contributed by atoms with Crippen molar-refractivity contribution in [3.05, 3.63) is 29.8 Å². The molecule has 2 rings (SSSR count). The molecule has 2 nitrogen and oxygen atoms in total. The van der Waals surface area contributed by atoms with Crippen LogP contribution in [-0.4, -0.2) is 44.0 Å². The molecule has 0 saturated carbocycles. The maximum atomic E-state index is 9.20. The van der Waals surface area contributed by atoms with E-state index in [0.29, 0.717) is 6.61 Å². The van der Waals surface area contributed by atoms with Crippen LogP contribution in [-0.2, 0) is 6.54 Å². The normalized spacial score (nSPS) is 27.5. The first-order valence-electron chi connectivity index (χ1n) is 6.00. The first-order chi connectivity index (χ1) is 7.47. The van der Waals surface area contributed by atoms with Gasteiger partial charge in [-0.3, -0.25) is 0 Å². The minimum absolute atomic E-state index is 0.295. The maximum absolute atomic E-state index is 9.20. The second-order valence-electron chi connectivity index (χ2n) is 5.92. The lowest BCUT2D eigenvalue weighted by Crippen LogP contribution is -2.65. The Labute approximate surface area is 99.1 Å². The SMILES string of the molecule is C[N+]1(CCO)Cc2ccccc2[Si](C)(C)C1. The zero-order chi connectivity index (χ0) is 11.8. The van der Waals surface area contributed by atoms with Crippen LogP contribution in [0.4, 0.5) is 0 Å². The summed E-state index contributed by atoms with van der Waals surface area (Å²) in [5.41, 5.74) is 1.50. The van der Waals surface area contributed by atoms with Gasteiger partial charge in [0.25, 0.3) is 0 Å². The van der Waals surface area contributed by atoms with Gasteiger partial charge in [-0.05, 0) is 5.19 Å². The number of nitrogens with zero attached hydrogens (tertiary/aromatic N) is 1. The van der Waals surface area contributed by atoms with Crippen LogP contribution in [0.2, 0.25) is 13.1 Å². The van der Waals surface area contributed by atoms with E-state index < -0.39 is 8.07 Å². The molecule has 1 unspecified atom stereocenters. The number of aliphatic hydroxyl groups is 1. The Morgan fingerprint density at radius 3 is 2.69 bits per heavy atom. The minimum atomic E-state index is -1.32. The largest absolute Gasteiger partial charge is 0.391 e. The van der Waals surface area contributed by atoms with E-state index in [4.69, 9.17) is 0 Å². The van der Waals surface area contributed by atoms with Gasteiger partial charge in [0.1, 0.15) is 21.2 Å². The minimum Gasteiger partial charge on any atom is -0.391 e. The monoisotopic (exact) mass is 236 g/mol. The van der Waals surface area contributed by atoms with E-state index in [0.717, 1.165) is 17.6 Å². The Hall–Kier alpha value is -0.643. The van der Waals surface area contributed by atoms with Gasteiger partial charge in [-0.15, -0.1) is 0 Å². The van der Waals surface area contributed by atoms with Gasteiger partial charge in [0.15, 0.2) is 0 Å². The summed E-state index contributed by atoms with van der Waals surface area (Å²) in [6.45, 7) is 7.14. The molecule has 0 saturated heterocycles. The average molecular weight is 236 g/mol. The standard InChI is InChI=1S/C13H22NOSi/c1-14(8-9-15)10-12-6-4-5-7-13(12)16(2,3)11-14/h4-7,15H,8-11H2,1-3H3/q+1. The summed E-state index contributed by atoms with van der Waals surface area (Å²) in [7, 11) is 0.956. The molecule has 88 valence electrons. The number of hydrogen-bond donors (Lipinski definition) is 1. The fourth-order valence-corrected chi connectivity index (χ4v) is 7.15. The highest BCUT2D eigenvalue weighted by Gasteiger charge is 2.41. The fraction of sp³-hybridized carbons (Fsp3) is 0.538. The molecule has 0 bridgehead atoms. The molecule has 1 aliphatic rings. The predicted octanol–water partition coefficient (Wildman–Crippen LogP) is 1.09. The molecule has 1 aromatic carbocycles. The molecule has 0 radical (unpaired) electrons. The van der Waals surface area contributed by atoms with Crippen LogP contribution in [0.5, 0.6) is 0 Å². The van der Waals surface area contributed by atoms with Crippen LogP contribution >= 0.6 is 0 Å². The molecule has 1 aromatic rings. The van der Waals surface area contributed by atoms with Crippen LogP contribution in [0, 0.1) is 0 Å². The van der Waals surface area contributed by atoms with E-state index in [9.17, 15) is 5.11 Å². The van der Waals surface area contributed by atoms with E-state index >= 15 is 0 Å². The van der Waals surface area contributed by atoms with Crippen molar-refractivity contribution in [2.45, 2.75) is 19.6 Å². The Kier molecular flexibility index (Phi) is 2.95. The molecule has 1 atom stereocenters. The van der Waals surface area contributed by atoms with Gasteiger partial charge in [0.2, 0.25) is 0 Å². The summed E-state index contributed by atoms with van der Waals surface area (Å²) in [4.78, 5) is 0. The fourth-order valence-electron chi connectivity index (χ4n) is 3.22. The van der Waals surface area contributed by atoms with Gasteiger partial charge in [0.05, 0.1) is 19.8 Å². The Balaban J connectivity index is 2.40. The van der Waals surface area contributed by atoms with Crippen molar-refractivity contribution in [3.8, 4) is 0 Å². The first-order valence-corrected chi connectivity index (χ1v) is 9.20. The lowest BCUT2D eigenvalue weighted by Gasteiger charge is -2.44. The Morgan fingerprint density at radius 2 is 2.00 bits per heavy atom. The summed E-state index contributed by atoms with van der Waals surface area (Å²) in [5.74, 6) is 0. The van der Waals surface area contributed by atoms with Gasteiger partial charge in [-0.1, -0.05) is 37.4 Å². The lowest BCUT2D eigenvalue weighted by molar-refractivity contribution is -0.914. The molecule has 16 heavy (non-hydrogen) atoms. The predicted molar refractivity (Wildman–Crippen MR) is 70.3 cm³/mol. The highest BCUT2D eigenvalue weighted by molar-refractivity contribution is 6.90. The van der Waals surface area contributed by atoms with Gasteiger partial charge < -0.3 is 9.59 Å². The highest BCUT2D eigenvalue weighted by Crippen LogP contribution is 2.22. The van der Waals surface area contributed by atoms with Gasteiger partial charge in [-0.2, -0.15) is 0 Å². The second-order valence-corrected chi connectivity index (χ2v) is 10.5. The molecule has 1 N–H and O–H groups in total. The topological polar surface area (TPSA) is 20.2 Å². The van der Waals surface area contributed by atoms with E-state index in [1.54, 1.807) is 5.19 Å². The van der Waals surface area contributed by atoms with Crippen molar-refractivity contribution < 1.29 is 9.59 Å². The third kappa shape index (κ3) is 2.07. The van der Waals surface area contributed by atoms with Crippen molar-refractivity contribution in [1.29, 1.82) is 0 Å². The van der Waals surface area contributed by atoms with Crippen LogP contribution in [0.1, 0.15) is 5.56 Å². The molecule has 1 heterocycles. The van der Waals surface area contributed by atoms with E-state index in [1.807, 2.05) is 0 Å². The quantitative estimate of drug-likeness (QED) is 0.602. The van der Waals surface area contributed by atoms with Crippen molar-refractivity contribution >= 4 is 13.3 Å².